The first kappa shape index (κ1) is 22.6. The van der Waals surface area contributed by atoms with Crippen molar-refractivity contribution in [3.63, 3.8) is 0 Å². The van der Waals surface area contributed by atoms with Gasteiger partial charge in [0.1, 0.15) is 0 Å². The molecule has 0 heterocycles. The topological polar surface area (TPSA) is 17.1 Å². The zero-order chi connectivity index (χ0) is 6.95. The van der Waals surface area contributed by atoms with E-state index >= 15 is 0 Å². The predicted molar refractivity (Wildman–Crippen MR) is 50.4 cm³/mol. The maximum Gasteiger partial charge on any atom is 4.00 e. The van der Waals surface area contributed by atoms with Crippen molar-refractivity contribution in [2.24, 2.45) is 0 Å². The van der Waals surface area contributed by atoms with Gasteiger partial charge in [0.05, 0.1) is 0 Å². The van der Waals surface area contributed by atoms with E-state index in [0.29, 0.717) is 6.42 Å². The summed E-state index contributed by atoms with van der Waals surface area (Å²) < 4.78 is 0. The molecule has 12 heavy (non-hydrogen) atoms. The number of allylic oxidation sites excluding steroid dienone is 4. The Morgan fingerprint density at radius 3 is 2.08 bits per heavy atom. The summed E-state index contributed by atoms with van der Waals surface area (Å²) in [4.78, 5) is 9.05. The van der Waals surface area contributed by atoms with Crippen molar-refractivity contribution in [2.75, 3.05) is 0 Å². The summed E-state index contributed by atoms with van der Waals surface area (Å²) in [5.41, 5.74) is 0. The molecule has 0 N–H and O–H groups in total. The molecule has 0 aromatic rings. The van der Waals surface area contributed by atoms with Crippen molar-refractivity contribution in [2.45, 2.75) is 19.8 Å². The minimum atomic E-state index is 0. The van der Waals surface area contributed by atoms with Gasteiger partial charge in [-0.3, -0.25) is 12.4 Å². The van der Waals surface area contributed by atoms with Crippen molar-refractivity contribution < 1.29 is 25.9 Å². The first-order valence-corrected chi connectivity index (χ1v) is 2.98. The fourth-order valence-corrected chi connectivity index (χ4v) is 0.340. The van der Waals surface area contributed by atoms with E-state index < -0.39 is 0 Å². The molecule has 0 bridgehead atoms. The summed E-state index contributed by atoms with van der Waals surface area (Å²) in [7, 11) is 0. The molecule has 0 aromatic carbocycles. The fourth-order valence-electron chi connectivity index (χ4n) is 0.340. The number of carbonyl (C=O) groups excluding carboxylic acids is 1. The van der Waals surface area contributed by atoms with Crippen LogP contribution in [0.2, 0.25) is 0 Å². The third-order valence-corrected chi connectivity index (χ3v) is 0.730. The third kappa shape index (κ3) is 22.5. The predicted octanol–water partition coefficient (Wildman–Crippen LogP) is 2.71. The number of hydrogen-bond donors (Lipinski definition) is 0. The average molecular weight is 347 g/mol. The van der Waals surface area contributed by atoms with Crippen molar-refractivity contribution in [3.05, 3.63) is 39.2 Å². The van der Waals surface area contributed by atoms with Crippen LogP contribution in [0, 0.1) is 20.9 Å². The van der Waals surface area contributed by atoms with Crippen molar-refractivity contribution in [3.8, 4) is 0 Å². The Kier molecular flexibility index (Phi) is 42.3. The van der Waals surface area contributed by atoms with Crippen LogP contribution in [0.15, 0.2) is 18.2 Å². The normalized spacial score (nSPS) is 9.42. The van der Waals surface area contributed by atoms with Crippen LogP contribution in [0.5, 0.6) is 0 Å². The maximum absolute atomic E-state index is 9.05. The first-order chi connectivity index (χ1) is 4.41. The Labute approximate surface area is 91.2 Å². The van der Waals surface area contributed by atoms with Gasteiger partial charge in [0.25, 0.3) is 0 Å². The molecule has 2 heteroatoms. The molecule has 0 aromatic heterocycles. The Morgan fingerprint density at radius 1 is 1.50 bits per heavy atom. The van der Waals surface area contributed by atoms with Crippen LogP contribution in [0.1, 0.15) is 19.8 Å². The van der Waals surface area contributed by atoms with Gasteiger partial charge in [0.15, 0.2) is 0 Å². The van der Waals surface area contributed by atoms with Crippen LogP contribution in [-0.4, -0.2) is 6.29 Å². The average Bonchev–Trinajstić information content (AvgIpc) is 2.43. The van der Waals surface area contributed by atoms with E-state index in [1.807, 2.05) is 12.2 Å². The molecular weight excluding hydrogens is 331 g/mol. The SMILES string of the molecule is CC[C-]=O.[C-]1=CC=CC1.[CH3-].[CH3-].[Pt+4]. The molecule has 0 spiro atoms. The molecule has 1 nitrogen and oxygen atoms in total. The van der Waals surface area contributed by atoms with E-state index in [0.717, 1.165) is 6.42 Å². The molecule has 1 aliphatic carbocycles. The zero-order valence-electron chi connectivity index (χ0n) is 7.87. The molecule has 0 amide bonds. The summed E-state index contributed by atoms with van der Waals surface area (Å²) in [6.07, 6.45) is 12.2. The Hall–Kier alpha value is -0.162. The zero-order valence-corrected chi connectivity index (χ0v) is 10.1. The third-order valence-electron chi connectivity index (χ3n) is 0.730. The summed E-state index contributed by atoms with van der Waals surface area (Å²) in [6.45, 7) is 1.76. The summed E-state index contributed by atoms with van der Waals surface area (Å²) in [5.74, 6) is 0. The van der Waals surface area contributed by atoms with Crippen LogP contribution in [0.3, 0.4) is 0 Å². The van der Waals surface area contributed by atoms with E-state index in [4.69, 9.17) is 4.79 Å². The molecule has 0 unspecified atom stereocenters. The Balaban J connectivity index is -0.0000000436. The molecule has 0 saturated heterocycles. The quantitative estimate of drug-likeness (QED) is 0.667. The van der Waals surface area contributed by atoms with E-state index in [2.05, 4.69) is 12.2 Å². The Bertz CT molecular complexity index is 107. The van der Waals surface area contributed by atoms with Crippen molar-refractivity contribution in [1.82, 2.24) is 0 Å². The van der Waals surface area contributed by atoms with Gasteiger partial charge in [-0.25, -0.2) is 12.2 Å². The van der Waals surface area contributed by atoms with Gasteiger partial charge in [-0.1, -0.05) is 6.92 Å². The summed E-state index contributed by atoms with van der Waals surface area (Å²) >= 11 is 0. The standard InChI is InChI=1S/C5H5.C3H5O.2CH3.Pt/c1-2-4-5-3-1;1-2-3-4;;;/h1-3H,4H2;2H2,1H3;2*1H3;/q4*-1;+4. The van der Waals surface area contributed by atoms with Crippen LogP contribution in [0.4, 0.5) is 0 Å². The molecule has 72 valence electrons. The minimum absolute atomic E-state index is 0. The minimum Gasteiger partial charge on any atom is -0.542 e. The molecule has 0 radical (unpaired) electrons. The van der Waals surface area contributed by atoms with Crippen molar-refractivity contribution in [1.29, 1.82) is 0 Å². The van der Waals surface area contributed by atoms with Gasteiger partial charge in [0, 0.05) is 0 Å². The van der Waals surface area contributed by atoms with Gasteiger partial charge >= 0.3 is 21.1 Å². The second-order valence-electron chi connectivity index (χ2n) is 1.50. The van der Waals surface area contributed by atoms with Crippen LogP contribution < -0.4 is 0 Å². The fraction of sp³-hybridized carbons (Fsp3) is 0.300. The van der Waals surface area contributed by atoms with Gasteiger partial charge in [0.2, 0.25) is 0 Å². The summed E-state index contributed by atoms with van der Waals surface area (Å²) in [5, 5.41) is 0. The molecule has 1 rings (SSSR count). The first-order valence-electron chi connectivity index (χ1n) is 2.98. The van der Waals surface area contributed by atoms with Crippen LogP contribution in [-0.2, 0) is 25.9 Å². The van der Waals surface area contributed by atoms with E-state index in [9.17, 15) is 0 Å². The second-order valence-corrected chi connectivity index (χ2v) is 1.50. The molecule has 0 atom stereocenters. The van der Waals surface area contributed by atoms with Crippen molar-refractivity contribution >= 4 is 6.29 Å². The largest absolute Gasteiger partial charge is 4.00 e. The smallest absolute Gasteiger partial charge is 0.542 e. The van der Waals surface area contributed by atoms with E-state index in [1.54, 1.807) is 13.2 Å². The van der Waals surface area contributed by atoms with Gasteiger partial charge in [-0.15, -0.1) is 6.42 Å². The Morgan fingerprint density at radius 2 is 2.00 bits per heavy atom. The molecule has 0 aliphatic heterocycles. The molecule has 0 fully saturated rings. The van der Waals surface area contributed by atoms with Gasteiger partial charge in [-0.05, 0) is 0 Å². The maximum atomic E-state index is 9.05. The molecule has 0 saturated carbocycles. The van der Waals surface area contributed by atoms with E-state index in [1.165, 1.54) is 0 Å². The molecular formula is C10H16OPt. The van der Waals surface area contributed by atoms with Gasteiger partial charge < -0.3 is 19.6 Å². The molecule has 1 aliphatic rings. The summed E-state index contributed by atoms with van der Waals surface area (Å²) in [6, 6.07) is 0. The van der Waals surface area contributed by atoms with Crippen LogP contribution in [0.25, 0.3) is 0 Å². The van der Waals surface area contributed by atoms with Crippen LogP contribution >= 0.6 is 0 Å². The van der Waals surface area contributed by atoms with E-state index in [-0.39, 0.29) is 35.9 Å². The monoisotopic (exact) mass is 347 g/mol. The number of hydrogen-bond acceptors (Lipinski definition) is 1. The number of rotatable bonds is 1. The van der Waals surface area contributed by atoms with Gasteiger partial charge in [-0.2, -0.15) is 12.5 Å². The second kappa shape index (κ2) is 22.4.